The van der Waals surface area contributed by atoms with Crippen molar-refractivity contribution in [3.8, 4) is 5.75 Å². The van der Waals surface area contributed by atoms with Gasteiger partial charge in [0.2, 0.25) is 5.91 Å². The number of aliphatic hydroxyl groups is 1. The molecule has 0 fully saturated rings. The molecule has 0 unspecified atom stereocenters. The maximum atomic E-state index is 11.7. The van der Waals surface area contributed by atoms with E-state index in [4.69, 9.17) is 9.15 Å². The van der Waals surface area contributed by atoms with E-state index in [1.54, 1.807) is 30.3 Å². The predicted octanol–water partition coefficient (Wildman–Crippen LogP) is 2.95. The lowest BCUT2D eigenvalue weighted by molar-refractivity contribution is -0.121. The van der Waals surface area contributed by atoms with E-state index in [0.717, 1.165) is 17.1 Å². The molecule has 1 aromatic heterocycles. The van der Waals surface area contributed by atoms with Crippen molar-refractivity contribution >= 4 is 12.1 Å². The summed E-state index contributed by atoms with van der Waals surface area (Å²) in [5.41, 5.74) is 3.16. The number of hydrazone groups is 1. The summed E-state index contributed by atoms with van der Waals surface area (Å²) >= 11 is 0. The van der Waals surface area contributed by atoms with E-state index in [-0.39, 0.29) is 12.3 Å². The molecular formula is C18H22N2O4. The number of rotatable bonds is 8. The number of aryl methyl sites for hydroxylation is 1. The number of amides is 1. The van der Waals surface area contributed by atoms with Gasteiger partial charge in [0.25, 0.3) is 0 Å². The molecule has 2 N–H and O–H groups in total. The maximum absolute atomic E-state index is 11.7. The predicted molar refractivity (Wildman–Crippen MR) is 91.0 cm³/mol. The molecule has 1 aromatic carbocycles. The molecule has 2 rings (SSSR count). The molecule has 0 spiro atoms. The van der Waals surface area contributed by atoms with Crippen molar-refractivity contribution in [2.75, 3.05) is 6.61 Å². The summed E-state index contributed by atoms with van der Waals surface area (Å²) in [4.78, 5) is 11.7. The Morgan fingerprint density at radius 1 is 1.33 bits per heavy atom. The Hall–Kier alpha value is -2.60. The lowest BCUT2D eigenvalue weighted by Crippen LogP contribution is -2.18. The fourth-order valence-corrected chi connectivity index (χ4v) is 2.13. The molecule has 1 atom stereocenters. The second-order valence-corrected chi connectivity index (χ2v) is 5.30. The highest BCUT2D eigenvalue weighted by Gasteiger charge is 2.10. The molecule has 0 radical (unpaired) electrons. The Morgan fingerprint density at radius 3 is 2.71 bits per heavy atom. The van der Waals surface area contributed by atoms with Crippen LogP contribution >= 0.6 is 0 Å². The summed E-state index contributed by atoms with van der Waals surface area (Å²) in [6.45, 7) is 4.34. The number of benzene rings is 1. The Bertz CT molecular complexity index is 677. The molecular weight excluding hydrogens is 308 g/mol. The zero-order chi connectivity index (χ0) is 17.4. The Balaban J connectivity index is 1.75. The van der Waals surface area contributed by atoms with Crippen molar-refractivity contribution in [2.24, 2.45) is 5.10 Å². The largest absolute Gasteiger partial charge is 0.494 e. The van der Waals surface area contributed by atoms with E-state index in [9.17, 15) is 9.90 Å². The zero-order valence-electron chi connectivity index (χ0n) is 13.9. The van der Waals surface area contributed by atoms with Crippen LogP contribution in [0, 0.1) is 6.92 Å². The minimum atomic E-state index is -0.705. The molecule has 0 aliphatic carbocycles. The highest BCUT2D eigenvalue weighted by molar-refractivity contribution is 5.80. The van der Waals surface area contributed by atoms with Gasteiger partial charge < -0.3 is 14.3 Å². The monoisotopic (exact) mass is 330 g/mol. The minimum absolute atomic E-state index is 0.170. The summed E-state index contributed by atoms with van der Waals surface area (Å²) in [5.74, 6) is 1.84. The van der Waals surface area contributed by atoms with Crippen LogP contribution in [0.1, 0.15) is 43.0 Å². The summed E-state index contributed by atoms with van der Waals surface area (Å²) in [6, 6.07) is 10.8. The third kappa shape index (κ3) is 5.55. The highest BCUT2D eigenvalue weighted by Crippen LogP contribution is 2.21. The molecule has 1 amide bonds. The van der Waals surface area contributed by atoms with Crippen LogP contribution in [0.15, 0.2) is 45.9 Å². The number of aliphatic hydroxyl groups excluding tert-OH is 1. The number of nitrogens with one attached hydrogen (secondary N) is 1. The molecule has 0 saturated carbocycles. The minimum Gasteiger partial charge on any atom is -0.494 e. The molecule has 24 heavy (non-hydrogen) atoms. The summed E-state index contributed by atoms with van der Waals surface area (Å²) in [5, 5.41) is 13.9. The fraction of sp³-hybridized carbons (Fsp3) is 0.333. The second-order valence-electron chi connectivity index (χ2n) is 5.30. The maximum Gasteiger partial charge on any atom is 0.240 e. The van der Waals surface area contributed by atoms with Crippen molar-refractivity contribution in [2.45, 2.75) is 32.8 Å². The molecule has 0 aliphatic rings. The molecule has 1 heterocycles. The Morgan fingerprint density at radius 2 is 2.08 bits per heavy atom. The third-order valence-corrected chi connectivity index (χ3v) is 3.36. The molecule has 2 aromatic rings. The lowest BCUT2D eigenvalue weighted by atomic mass is 10.0. The first-order chi connectivity index (χ1) is 11.6. The number of ether oxygens (including phenoxy) is 1. The number of carbonyl (C=O) groups excluding carboxylic acids is 1. The van der Waals surface area contributed by atoms with Gasteiger partial charge in [0.1, 0.15) is 17.3 Å². The zero-order valence-corrected chi connectivity index (χ0v) is 13.9. The van der Waals surface area contributed by atoms with Crippen LogP contribution in [0.25, 0.3) is 0 Å². The number of hydrogen-bond donors (Lipinski definition) is 2. The van der Waals surface area contributed by atoms with E-state index in [0.29, 0.717) is 18.8 Å². The average Bonchev–Trinajstić information content (AvgIpc) is 2.99. The van der Waals surface area contributed by atoms with Crippen molar-refractivity contribution in [3.05, 3.63) is 53.5 Å². The first-order valence-electron chi connectivity index (χ1n) is 7.87. The van der Waals surface area contributed by atoms with E-state index in [1.165, 1.54) is 6.21 Å². The average molecular weight is 330 g/mol. The second kappa shape index (κ2) is 8.88. The summed E-state index contributed by atoms with van der Waals surface area (Å²) in [6.07, 6.45) is 1.22. The highest BCUT2D eigenvalue weighted by atomic mass is 16.5. The van der Waals surface area contributed by atoms with Gasteiger partial charge in [0, 0.05) is 6.42 Å². The van der Waals surface area contributed by atoms with Gasteiger partial charge in [-0.15, -0.1) is 0 Å². The van der Waals surface area contributed by atoms with Crippen LogP contribution in [0.3, 0.4) is 0 Å². The normalized spacial score (nSPS) is 12.3. The number of carbonyl (C=O) groups is 1. The fourth-order valence-electron chi connectivity index (χ4n) is 2.13. The third-order valence-electron chi connectivity index (χ3n) is 3.36. The molecule has 0 saturated heterocycles. The van der Waals surface area contributed by atoms with Crippen LogP contribution in [-0.4, -0.2) is 23.8 Å². The van der Waals surface area contributed by atoms with Gasteiger partial charge in [-0.1, -0.05) is 12.1 Å². The van der Waals surface area contributed by atoms with Crippen LogP contribution in [0.5, 0.6) is 5.75 Å². The first-order valence-corrected chi connectivity index (χ1v) is 7.87. The summed E-state index contributed by atoms with van der Waals surface area (Å²) < 4.78 is 10.6. The SMILES string of the molecule is CCOc1ccc([C@@H](O)CCC(=O)N/N=C\c2ccc(C)o2)cc1. The molecule has 0 aliphatic heterocycles. The van der Waals surface area contributed by atoms with Gasteiger partial charge in [-0.3, -0.25) is 4.79 Å². The van der Waals surface area contributed by atoms with E-state index in [2.05, 4.69) is 10.5 Å². The smallest absolute Gasteiger partial charge is 0.240 e. The van der Waals surface area contributed by atoms with Crippen LogP contribution in [-0.2, 0) is 4.79 Å². The quantitative estimate of drug-likeness (QED) is 0.576. The molecule has 0 bridgehead atoms. The topological polar surface area (TPSA) is 84.1 Å². The van der Waals surface area contributed by atoms with Gasteiger partial charge >= 0.3 is 0 Å². The Labute approximate surface area is 141 Å². The van der Waals surface area contributed by atoms with Crippen molar-refractivity contribution in [1.29, 1.82) is 0 Å². The van der Waals surface area contributed by atoms with Crippen LogP contribution < -0.4 is 10.2 Å². The first kappa shape index (κ1) is 17.7. The van der Waals surface area contributed by atoms with Crippen molar-refractivity contribution in [1.82, 2.24) is 5.43 Å². The number of furan rings is 1. The number of hydrogen-bond acceptors (Lipinski definition) is 5. The van der Waals surface area contributed by atoms with Crippen molar-refractivity contribution in [3.63, 3.8) is 0 Å². The van der Waals surface area contributed by atoms with Gasteiger partial charge in [-0.2, -0.15) is 5.10 Å². The van der Waals surface area contributed by atoms with Gasteiger partial charge in [0.05, 0.1) is 18.9 Å². The standard InChI is InChI=1S/C18H22N2O4/c1-3-23-15-8-5-14(6-9-15)17(21)10-11-18(22)20-19-12-16-7-4-13(2)24-16/h4-9,12,17,21H,3,10-11H2,1-2H3,(H,20,22)/b19-12-/t17-/m0/s1. The summed E-state index contributed by atoms with van der Waals surface area (Å²) in [7, 11) is 0. The van der Waals surface area contributed by atoms with Crippen LogP contribution in [0.2, 0.25) is 0 Å². The van der Waals surface area contributed by atoms with Crippen molar-refractivity contribution < 1.29 is 19.1 Å². The van der Waals surface area contributed by atoms with E-state index >= 15 is 0 Å². The number of nitrogens with zero attached hydrogens (tertiary/aromatic N) is 1. The van der Waals surface area contributed by atoms with Crippen LogP contribution in [0.4, 0.5) is 0 Å². The Kier molecular flexibility index (Phi) is 6.57. The van der Waals surface area contributed by atoms with Gasteiger partial charge in [-0.25, -0.2) is 5.43 Å². The van der Waals surface area contributed by atoms with Gasteiger partial charge in [-0.05, 0) is 50.1 Å². The molecule has 6 heteroatoms. The lowest BCUT2D eigenvalue weighted by Gasteiger charge is -2.11. The molecule has 6 nitrogen and oxygen atoms in total. The molecule has 128 valence electrons. The van der Waals surface area contributed by atoms with E-state index in [1.807, 2.05) is 19.9 Å². The van der Waals surface area contributed by atoms with E-state index < -0.39 is 6.10 Å². The van der Waals surface area contributed by atoms with Gasteiger partial charge in [0.15, 0.2) is 0 Å².